The van der Waals surface area contributed by atoms with Crippen molar-refractivity contribution < 1.29 is 24.1 Å². The zero-order valence-electron chi connectivity index (χ0n) is 20.7. The molecule has 3 aromatic carbocycles. The van der Waals surface area contributed by atoms with E-state index in [1.807, 2.05) is 96.5 Å². The van der Waals surface area contributed by atoms with Crippen LogP contribution in [0.5, 0.6) is 5.75 Å². The second-order valence-electron chi connectivity index (χ2n) is 9.01. The van der Waals surface area contributed by atoms with E-state index in [2.05, 4.69) is 5.10 Å². The van der Waals surface area contributed by atoms with Gasteiger partial charge in [0.15, 0.2) is 11.1 Å². The van der Waals surface area contributed by atoms with E-state index in [9.17, 15) is 9.90 Å². The maximum absolute atomic E-state index is 14.6. The topological polar surface area (TPSA) is 81.5 Å². The Balaban J connectivity index is 1.77. The number of anilines is 1. The van der Waals surface area contributed by atoms with E-state index in [1.54, 1.807) is 11.8 Å². The monoisotopic (exact) mass is 493 g/mol. The molecule has 0 saturated carbocycles. The third kappa shape index (κ3) is 3.20. The Morgan fingerprint density at radius 2 is 1.70 bits per heavy atom. The Hall–Kier alpha value is -4.52. The highest BCUT2D eigenvalue weighted by atomic mass is 16.6. The molecule has 0 radical (unpaired) electrons. The highest BCUT2D eigenvalue weighted by Crippen LogP contribution is 2.55. The van der Waals surface area contributed by atoms with E-state index in [4.69, 9.17) is 9.47 Å². The smallest absolute Gasteiger partial charge is 0.281 e. The molecular formula is C30H27N3O4. The number of carbonyl (C=O) groups excluding carboxylic acids is 1. The number of fused-ring (bicyclic) bond motifs is 4. The summed E-state index contributed by atoms with van der Waals surface area (Å²) in [6.07, 6.45) is 0. The minimum absolute atomic E-state index is 0.0596. The number of aromatic nitrogens is 2. The van der Waals surface area contributed by atoms with Crippen molar-refractivity contribution in [2.24, 2.45) is 0 Å². The molecule has 0 saturated heterocycles. The Labute approximate surface area is 215 Å². The van der Waals surface area contributed by atoms with Gasteiger partial charge in [-0.25, -0.2) is 0 Å². The number of para-hydroxylation sites is 2. The third-order valence-electron chi connectivity index (χ3n) is 7.14. The molecule has 0 unspecified atom stereocenters. The lowest BCUT2D eigenvalue weighted by molar-refractivity contribution is -0.664. The van der Waals surface area contributed by atoms with Gasteiger partial charge >= 0.3 is 0 Å². The van der Waals surface area contributed by atoms with Crippen molar-refractivity contribution in [2.45, 2.75) is 19.3 Å². The number of rotatable bonds is 5. The minimum atomic E-state index is -1.41. The molecule has 0 fully saturated rings. The van der Waals surface area contributed by atoms with E-state index in [0.717, 1.165) is 28.2 Å². The first-order valence-electron chi connectivity index (χ1n) is 12.5. The van der Waals surface area contributed by atoms with Crippen LogP contribution in [0.3, 0.4) is 0 Å². The standard InChI is InChI=1S/C30H27N3O4/c1-3-32-24-18-12-11-17-22(24)30(29(32)35)23(28(34)36-4-2)19-37-26-25(20-13-7-5-8-14-20)31-33(27(26)30)21-15-9-6-10-16-21/h5-18,34H,3-4,19H2,1-2H3/b28-23-/t30-/m0/s1. The van der Waals surface area contributed by atoms with Gasteiger partial charge in [0, 0.05) is 41.1 Å². The molecule has 2 aliphatic heterocycles. The van der Waals surface area contributed by atoms with Crippen LogP contribution in [0.25, 0.3) is 16.9 Å². The number of hydrogen-bond acceptors (Lipinski definition) is 4. The summed E-state index contributed by atoms with van der Waals surface area (Å²) >= 11 is 0. The Morgan fingerprint density at radius 3 is 2.41 bits per heavy atom. The van der Waals surface area contributed by atoms with E-state index in [-0.39, 0.29) is 24.7 Å². The molecule has 1 atom stereocenters. The summed E-state index contributed by atoms with van der Waals surface area (Å²) in [6, 6.07) is 27.3. The SMILES string of the molecule is CCO/C([O-])=C1/COc2c(-c3ccccc3)[nH][n+](-c3ccccc3)c2[C@@]12C(=O)N(CC)c1ccccc12. The fourth-order valence-corrected chi connectivity index (χ4v) is 5.60. The fraction of sp³-hybridized carbons (Fsp3) is 0.200. The first kappa shape index (κ1) is 22.9. The number of hydrogen-bond donors (Lipinski definition) is 1. The number of aromatic amines is 1. The first-order chi connectivity index (χ1) is 18.1. The van der Waals surface area contributed by atoms with Gasteiger partial charge in [-0.15, -0.1) is 0 Å². The van der Waals surface area contributed by atoms with Gasteiger partial charge in [0.2, 0.25) is 11.4 Å². The second kappa shape index (κ2) is 8.85. The highest BCUT2D eigenvalue weighted by Gasteiger charge is 2.64. The van der Waals surface area contributed by atoms with E-state index < -0.39 is 11.4 Å². The van der Waals surface area contributed by atoms with Gasteiger partial charge in [-0.3, -0.25) is 4.79 Å². The van der Waals surface area contributed by atoms with Gasteiger partial charge in [0.25, 0.3) is 11.6 Å². The van der Waals surface area contributed by atoms with Crippen molar-refractivity contribution >= 4 is 11.6 Å². The minimum Gasteiger partial charge on any atom is -0.613 e. The molecule has 0 bridgehead atoms. The number of likely N-dealkylation sites (N-methyl/N-ethyl adjacent to an activating group) is 1. The average Bonchev–Trinajstić information content (AvgIpc) is 3.45. The van der Waals surface area contributed by atoms with Crippen molar-refractivity contribution in [3.63, 3.8) is 0 Å². The predicted octanol–water partition coefficient (Wildman–Crippen LogP) is 3.61. The fourth-order valence-electron chi connectivity index (χ4n) is 5.60. The zero-order valence-corrected chi connectivity index (χ0v) is 20.7. The zero-order chi connectivity index (χ0) is 25.6. The van der Waals surface area contributed by atoms with E-state index >= 15 is 0 Å². The molecule has 2 aliphatic rings. The molecule has 1 aromatic heterocycles. The van der Waals surface area contributed by atoms with Gasteiger partial charge < -0.3 is 19.5 Å². The van der Waals surface area contributed by atoms with Crippen LogP contribution in [0.2, 0.25) is 0 Å². The normalized spacial score (nSPS) is 19.4. The number of H-pyrrole nitrogens is 1. The predicted molar refractivity (Wildman–Crippen MR) is 137 cm³/mol. The summed E-state index contributed by atoms with van der Waals surface area (Å²) in [7, 11) is 0. The quantitative estimate of drug-likeness (QED) is 0.340. The van der Waals surface area contributed by atoms with Gasteiger partial charge in [0.05, 0.1) is 5.95 Å². The Morgan fingerprint density at radius 1 is 1.03 bits per heavy atom. The number of amides is 1. The van der Waals surface area contributed by atoms with E-state index in [1.165, 1.54) is 0 Å². The average molecular weight is 494 g/mol. The van der Waals surface area contributed by atoms with Crippen LogP contribution in [0, 0.1) is 0 Å². The van der Waals surface area contributed by atoms with Crippen molar-refractivity contribution in [3.8, 4) is 22.7 Å². The summed E-state index contributed by atoms with van der Waals surface area (Å²) in [5, 5.41) is 17.0. The molecule has 1 spiro atoms. The summed E-state index contributed by atoms with van der Waals surface area (Å²) in [5.41, 5.74) is 3.43. The molecule has 1 N–H and O–H groups in total. The molecule has 7 heteroatoms. The van der Waals surface area contributed by atoms with Crippen molar-refractivity contribution in [2.75, 3.05) is 24.7 Å². The number of carbonyl (C=O) groups is 1. The number of ether oxygens (including phenoxy) is 2. The summed E-state index contributed by atoms with van der Waals surface area (Å²) < 4.78 is 13.7. The molecule has 186 valence electrons. The first-order valence-corrected chi connectivity index (χ1v) is 12.5. The molecule has 7 nitrogen and oxygen atoms in total. The molecule has 0 aliphatic carbocycles. The lowest BCUT2D eigenvalue weighted by Crippen LogP contribution is -2.54. The van der Waals surface area contributed by atoms with Crippen molar-refractivity contribution in [1.82, 2.24) is 5.10 Å². The van der Waals surface area contributed by atoms with Gasteiger partial charge in [-0.1, -0.05) is 78.3 Å². The maximum atomic E-state index is 14.6. The molecule has 37 heavy (non-hydrogen) atoms. The second-order valence-corrected chi connectivity index (χ2v) is 9.01. The van der Waals surface area contributed by atoms with E-state index in [0.29, 0.717) is 18.0 Å². The van der Waals surface area contributed by atoms with Crippen LogP contribution in [0.15, 0.2) is 96.4 Å². The third-order valence-corrected chi connectivity index (χ3v) is 7.14. The molecule has 6 rings (SSSR count). The lowest BCUT2D eigenvalue weighted by Gasteiger charge is -2.35. The number of nitrogens with one attached hydrogen (secondary N) is 1. The maximum Gasteiger partial charge on any atom is 0.281 e. The van der Waals surface area contributed by atoms with Crippen molar-refractivity contribution in [3.05, 3.63) is 108 Å². The molecule has 1 amide bonds. The lowest BCUT2D eigenvalue weighted by atomic mass is 9.70. The van der Waals surface area contributed by atoms with Crippen LogP contribution in [-0.2, 0) is 14.9 Å². The summed E-state index contributed by atoms with van der Waals surface area (Å²) in [6.45, 7) is 4.30. The van der Waals surface area contributed by atoms with Crippen LogP contribution < -0.4 is 19.4 Å². The van der Waals surface area contributed by atoms with Gasteiger partial charge in [0.1, 0.15) is 6.61 Å². The summed E-state index contributed by atoms with van der Waals surface area (Å²) in [4.78, 5) is 16.3. The highest BCUT2D eigenvalue weighted by molar-refractivity contribution is 6.13. The van der Waals surface area contributed by atoms with Gasteiger partial charge in [-0.05, 0) is 19.6 Å². The van der Waals surface area contributed by atoms with Crippen molar-refractivity contribution in [1.29, 1.82) is 0 Å². The van der Waals surface area contributed by atoms with Gasteiger partial charge in [-0.2, -0.15) is 5.10 Å². The molecule has 4 aromatic rings. The van der Waals surface area contributed by atoms with Crippen LogP contribution in [0.4, 0.5) is 5.69 Å². The molecular weight excluding hydrogens is 466 g/mol. The Bertz CT molecular complexity index is 1510. The summed E-state index contributed by atoms with van der Waals surface area (Å²) in [5.74, 6) is -0.173. The van der Waals surface area contributed by atoms with Crippen LogP contribution >= 0.6 is 0 Å². The molecule has 3 heterocycles. The Kier molecular flexibility index (Phi) is 5.48. The number of nitrogens with zero attached hydrogens (tertiary/aromatic N) is 2. The van der Waals surface area contributed by atoms with Crippen LogP contribution in [-0.4, -0.2) is 30.8 Å². The number of benzene rings is 3. The largest absolute Gasteiger partial charge is 0.613 e. The van der Waals surface area contributed by atoms with Crippen LogP contribution in [0.1, 0.15) is 25.1 Å².